The van der Waals surface area contributed by atoms with Gasteiger partial charge in [0.05, 0.1) is 5.69 Å². The van der Waals surface area contributed by atoms with Crippen molar-refractivity contribution in [1.82, 2.24) is 9.97 Å². The van der Waals surface area contributed by atoms with Crippen LogP contribution in [0.5, 0.6) is 0 Å². The van der Waals surface area contributed by atoms with Crippen LogP contribution < -0.4 is 10.2 Å². The van der Waals surface area contributed by atoms with Crippen LogP contribution >= 0.6 is 0 Å². The van der Waals surface area contributed by atoms with E-state index in [9.17, 15) is 4.39 Å². The number of rotatable bonds is 6. The number of aromatic nitrogens is 2. The van der Waals surface area contributed by atoms with E-state index in [1.807, 2.05) is 24.9 Å². The standard InChI is InChI=1S/C16H21FN4/c1-4-5-10-21(3)16-18-12(2)11-15(20-16)19-14-9-7-6-8-13(14)17/h6-9,11H,4-5,10H2,1-3H3,(H,18,19,20). The van der Waals surface area contributed by atoms with Gasteiger partial charge in [0.1, 0.15) is 11.6 Å². The van der Waals surface area contributed by atoms with Crippen LogP contribution in [0.3, 0.4) is 0 Å². The highest BCUT2D eigenvalue weighted by atomic mass is 19.1. The fourth-order valence-electron chi connectivity index (χ4n) is 1.98. The average molecular weight is 288 g/mol. The topological polar surface area (TPSA) is 41.1 Å². The van der Waals surface area contributed by atoms with Gasteiger partial charge in [-0.25, -0.2) is 9.37 Å². The van der Waals surface area contributed by atoms with Gasteiger partial charge in [-0.1, -0.05) is 25.5 Å². The molecule has 21 heavy (non-hydrogen) atoms. The average Bonchev–Trinajstić information content (AvgIpc) is 2.46. The Hall–Kier alpha value is -2.17. The molecule has 0 unspecified atom stereocenters. The van der Waals surface area contributed by atoms with Crippen molar-refractivity contribution in [3.05, 3.63) is 41.8 Å². The highest BCUT2D eigenvalue weighted by Crippen LogP contribution is 2.20. The minimum Gasteiger partial charge on any atom is -0.344 e. The molecule has 2 rings (SSSR count). The number of nitrogens with one attached hydrogen (secondary N) is 1. The Morgan fingerprint density at radius 2 is 2.00 bits per heavy atom. The molecule has 0 saturated heterocycles. The maximum Gasteiger partial charge on any atom is 0.227 e. The van der Waals surface area contributed by atoms with E-state index in [0.717, 1.165) is 25.1 Å². The molecule has 1 N–H and O–H groups in total. The molecule has 0 fully saturated rings. The molecule has 0 aliphatic carbocycles. The first-order chi connectivity index (χ1) is 10.1. The SMILES string of the molecule is CCCCN(C)c1nc(C)cc(Nc2ccccc2F)n1. The number of anilines is 3. The first-order valence-corrected chi connectivity index (χ1v) is 7.18. The number of benzene rings is 1. The smallest absolute Gasteiger partial charge is 0.227 e. The van der Waals surface area contributed by atoms with Crippen molar-refractivity contribution >= 4 is 17.5 Å². The molecule has 0 radical (unpaired) electrons. The lowest BCUT2D eigenvalue weighted by molar-refractivity contribution is 0.632. The van der Waals surface area contributed by atoms with Gasteiger partial charge in [0, 0.05) is 25.4 Å². The van der Waals surface area contributed by atoms with Crippen LogP contribution in [-0.4, -0.2) is 23.6 Å². The second-order valence-corrected chi connectivity index (χ2v) is 5.07. The molecule has 4 nitrogen and oxygen atoms in total. The minimum atomic E-state index is -0.297. The molecule has 0 saturated carbocycles. The van der Waals surface area contributed by atoms with E-state index < -0.39 is 0 Å². The van der Waals surface area contributed by atoms with E-state index >= 15 is 0 Å². The van der Waals surface area contributed by atoms with Gasteiger partial charge in [-0.3, -0.25) is 0 Å². The number of para-hydroxylation sites is 1. The maximum absolute atomic E-state index is 13.7. The molecule has 5 heteroatoms. The number of aryl methyl sites for hydroxylation is 1. The highest BCUT2D eigenvalue weighted by Gasteiger charge is 2.08. The molecule has 2 aromatic rings. The Balaban J connectivity index is 2.21. The lowest BCUT2D eigenvalue weighted by Crippen LogP contribution is -2.21. The Kier molecular flexibility index (Phi) is 5.09. The molecule has 0 spiro atoms. The fraction of sp³-hybridized carbons (Fsp3) is 0.375. The second-order valence-electron chi connectivity index (χ2n) is 5.07. The van der Waals surface area contributed by atoms with Gasteiger partial charge in [0.15, 0.2) is 0 Å². The van der Waals surface area contributed by atoms with Crippen LogP contribution in [0.25, 0.3) is 0 Å². The summed E-state index contributed by atoms with van der Waals surface area (Å²) in [6.07, 6.45) is 2.21. The summed E-state index contributed by atoms with van der Waals surface area (Å²) in [6, 6.07) is 8.37. The van der Waals surface area contributed by atoms with E-state index in [-0.39, 0.29) is 5.82 Å². The quantitative estimate of drug-likeness (QED) is 0.875. The Labute approximate surface area is 125 Å². The predicted octanol–water partition coefficient (Wildman–Crippen LogP) is 3.90. The third-order valence-electron chi connectivity index (χ3n) is 3.17. The van der Waals surface area contributed by atoms with Gasteiger partial charge in [0.2, 0.25) is 5.95 Å². The van der Waals surface area contributed by atoms with E-state index in [1.165, 1.54) is 6.07 Å². The molecule has 0 atom stereocenters. The summed E-state index contributed by atoms with van der Waals surface area (Å²) < 4.78 is 13.7. The van der Waals surface area contributed by atoms with Gasteiger partial charge in [-0.2, -0.15) is 4.98 Å². The molecule has 1 heterocycles. The van der Waals surface area contributed by atoms with Crippen molar-refractivity contribution in [3.8, 4) is 0 Å². The van der Waals surface area contributed by atoms with Crippen molar-refractivity contribution in [3.63, 3.8) is 0 Å². The largest absolute Gasteiger partial charge is 0.344 e. The first-order valence-electron chi connectivity index (χ1n) is 7.18. The Bertz CT molecular complexity index is 601. The van der Waals surface area contributed by atoms with Crippen molar-refractivity contribution in [2.24, 2.45) is 0 Å². The molecule has 0 bridgehead atoms. The molecule has 112 valence electrons. The van der Waals surface area contributed by atoms with Gasteiger partial charge < -0.3 is 10.2 Å². The Morgan fingerprint density at radius 3 is 2.71 bits per heavy atom. The molecular formula is C16H21FN4. The molecule has 0 amide bonds. The summed E-state index contributed by atoms with van der Waals surface area (Å²) in [5.41, 5.74) is 1.26. The highest BCUT2D eigenvalue weighted by molar-refractivity contribution is 5.58. The first kappa shape index (κ1) is 15.2. The van der Waals surface area contributed by atoms with E-state index in [4.69, 9.17) is 0 Å². The van der Waals surface area contributed by atoms with Crippen LogP contribution in [-0.2, 0) is 0 Å². The van der Waals surface area contributed by atoms with Crippen molar-refractivity contribution in [1.29, 1.82) is 0 Å². The number of halogens is 1. The predicted molar refractivity (Wildman–Crippen MR) is 84.6 cm³/mol. The number of hydrogen-bond donors (Lipinski definition) is 1. The van der Waals surface area contributed by atoms with Crippen LogP contribution in [0.1, 0.15) is 25.5 Å². The van der Waals surface area contributed by atoms with Gasteiger partial charge in [-0.05, 0) is 25.5 Å². The zero-order chi connectivity index (χ0) is 15.2. The second kappa shape index (κ2) is 7.02. The van der Waals surface area contributed by atoms with E-state index in [0.29, 0.717) is 17.5 Å². The summed E-state index contributed by atoms with van der Waals surface area (Å²) in [7, 11) is 1.97. The number of hydrogen-bond acceptors (Lipinski definition) is 4. The number of nitrogens with zero attached hydrogens (tertiary/aromatic N) is 3. The summed E-state index contributed by atoms with van der Waals surface area (Å²) >= 11 is 0. The summed E-state index contributed by atoms with van der Waals surface area (Å²) in [4.78, 5) is 10.9. The third kappa shape index (κ3) is 4.15. The molecule has 1 aromatic carbocycles. The van der Waals surface area contributed by atoms with Gasteiger partial charge >= 0.3 is 0 Å². The normalized spacial score (nSPS) is 10.5. The third-order valence-corrected chi connectivity index (χ3v) is 3.17. The lowest BCUT2D eigenvalue weighted by Gasteiger charge is -2.18. The maximum atomic E-state index is 13.7. The summed E-state index contributed by atoms with van der Waals surface area (Å²) in [5, 5.41) is 3.01. The van der Waals surface area contributed by atoms with Crippen molar-refractivity contribution in [2.75, 3.05) is 23.8 Å². The van der Waals surface area contributed by atoms with Crippen LogP contribution in [0.2, 0.25) is 0 Å². The van der Waals surface area contributed by atoms with Crippen LogP contribution in [0.15, 0.2) is 30.3 Å². The molecule has 1 aromatic heterocycles. The van der Waals surface area contributed by atoms with Crippen molar-refractivity contribution < 1.29 is 4.39 Å². The van der Waals surface area contributed by atoms with Gasteiger partial charge in [0.25, 0.3) is 0 Å². The van der Waals surface area contributed by atoms with Crippen molar-refractivity contribution in [2.45, 2.75) is 26.7 Å². The Morgan fingerprint density at radius 1 is 1.24 bits per heavy atom. The molecule has 0 aliphatic rings. The zero-order valence-corrected chi connectivity index (χ0v) is 12.7. The monoisotopic (exact) mass is 288 g/mol. The fourth-order valence-corrected chi connectivity index (χ4v) is 1.98. The van der Waals surface area contributed by atoms with Crippen LogP contribution in [0.4, 0.5) is 21.8 Å². The number of unbranched alkanes of at least 4 members (excludes halogenated alkanes) is 1. The minimum absolute atomic E-state index is 0.297. The zero-order valence-electron chi connectivity index (χ0n) is 12.7. The lowest BCUT2D eigenvalue weighted by atomic mass is 10.3. The summed E-state index contributed by atoms with van der Waals surface area (Å²) in [6.45, 7) is 4.96. The molecular weight excluding hydrogens is 267 g/mol. The molecule has 0 aliphatic heterocycles. The van der Waals surface area contributed by atoms with Crippen LogP contribution in [0, 0.1) is 12.7 Å². The van der Waals surface area contributed by atoms with Gasteiger partial charge in [-0.15, -0.1) is 0 Å². The van der Waals surface area contributed by atoms with E-state index in [1.54, 1.807) is 18.2 Å². The van der Waals surface area contributed by atoms with E-state index in [2.05, 4.69) is 22.2 Å². The summed E-state index contributed by atoms with van der Waals surface area (Å²) in [5.74, 6) is 0.961.